The molecule has 0 bridgehead atoms. The van der Waals surface area contributed by atoms with Gasteiger partial charge in [0.2, 0.25) is 0 Å². The summed E-state index contributed by atoms with van der Waals surface area (Å²) in [4.78, 5) is 13.4. The minimum absolute atomic E-state index is 0.0936. The molecule has 6 nitrogen and oxygen atoms in total. The topological polar surface area (TPSA) is 67.1 Å². The van der Waals surface area contributed by atoms with Crippen molar-refractivity contribution < 1.29 is 22.3 Å². The second-order valence-electron chi connectivity index (χ2n) is 8.67. The maximum atomic E-state index is 14.1. The zero-order valence-corrected chi connectivity index (χ0v) is 18.3. The van der Waals surface area contributed by atoms with E-state index in [-0.39, 0.29) is 31.2 Å². The number of benzene rings is 2. The lowest BCUT2D eigenvalue weighted by Crippen LogP contribution is -2.38. The van der Waals surface area contributed by atoms with Gasteiger partial charge in [0.15, 0.2) is 0 Å². The smallest absolute Gasteiger partial charge is 0.377 e. The summed E-state index contributed by atoms with van der Waals surface area (Å²) in [5.74, 6) is -0.471. The van der Waals surface area contributed by atoms with Crippen molar-refractivity contribution in [2.45, 2.75) is 44.7 Å². The van der Waals surface area contributed by atoms with Gasteiger partial charge in [-0.2, -0.15) is 13.2 Å². The highest BCUT2D eigenvalue weighted by Crippen LogP contribution is 2.28. The Hall–Kier alpha value is -3.11. The lowest BCUT2D eigenvalue weighted by atomic mass is 10.1. The number of aryl methyl sites for hydroxylation is 1. The molecule has 1 saturated heterocycles. The van der Waals surface area contributed by atoms with Crippen LogP contribution in [-0.4, -0.2) is 33.1 Å². The van der Waals surface area contributed by atoms with Crippen molar-refractivity contribution in [1.82, 2.24) is 13.7 Å². The summed E-state index contributed by atoms with van der Waals surface area (Å²) in [6.07, 6.45) is -5.24. The maximum absolute atomic E-state index is 14.1. The van der Waals surface area contributed by atoms with Gasteiger partial charge in [-0.25, -0.2) is 9.18 Å². The van der Waals surface area contributed by atoms with E-state index in [1.807, 2.05) is 28.8 Å². The first-order valence-electron chi connectivity index (χ1n) is 11.1. The van der Waals surface area contributed by atoms with Crippen LogP contribution in [0.4, 0.5) is 17.6 Å². The van der Waals surface area contributed by atoms with Crippen molar-refractivity contribution in [3.63, 3.8) is 0 Å². The molecule has 0 aliphatic carbocycles. The molecular weight excluding hydrogens is 452 g/mol. The highest BCUT2D eigenvalue weighted by molar-refractivity contribution is 5.82. The van der Waals surface area contributed by atoms with Gasteiger partial charge in [0.1, 0.15) is 5.82 Å². The molecule has 0 atom stereocenters. The van der Waals surface area contributed by atoms with E-state index >= 15 is 0 Å². The molecule has 0 radical (unpaired) electrons. The Kier molecular flexibility index (Phi) is 5.73. The predicted molar refractivity (Wildman–Crippen MR) is 120 cm³/mol. The van der Waals surface area contributed by atoms with Crippen molar-refractivity contribution in [1.29, 1.82) is 0 Å². The molecular formula is C24H24F4N4O2. The van der Waals surface area contributed by atoms with Crippen LogP contribution < -0.4 is 11.4 Å². The highest BCUT2D eigenvalue weighted by Gasteiger charge is 2.28. The minimum Gasteiger partial charge on any atom is -0.377 e. The number of fused-ring (bicyclic) bond motifs is 2. The summed E-state index contributed by atoms with van der Waals surface area (Å²) >= 11 is 0. The largest absolute Gasteiger partial charge is 0.389 e. The van der Waals surface area contributed by atoms with Crippen LogP contribution in [-0.2, 0) is 24.4 Å². The molecule has 2 N–H and O–H groups in total. The highest BCUT2D eigenvalue weighted by atomic mass is 19.4. The van der Waals surface area contributed by atoms with E-state index in [9.17, 15) is 22.4 Å². The van der Waals surface area contributed by atoms with Crippen LogP contribution in [0.15, 0.2) is 47.3 Å². The van der Waals surface area contributed by atoms with Crippen molar-refractivity contribution in [2.24, 2.45) is 5.73 Å². The first-order chi connectivity index (χ1) is 16.2. The zero-order chi connectivity index (χ0) is 24.0. The molecule has 1 aliphatic heterocycles. The van der Waals surface area contributed by atoms with E-state index in [1.165, 1.54) is 16.7 Å². The van der Waals surface area contributed by atoms with E-state index in [1.54, 1.807) is 10.6 Å². The fourth-order valence-corrected chi connectivity index (χ4v) is 4.63. The number of nitrogens with two attached hydrogens (primary N) is 1. The van der Waals surface area contributed by atoms with Crippen molar-refractivity contribution in [2.75, 3.05) is 13.2 Å². The molecule has 0 saturated carbocycles. The summed E-state index contributed by atoms with van der Waals surface area (Å²) in [6.45, 7) is 1.36. The Balaban J connectivity index is 1.60. The molecule has 1 fully saturated rings. The Labute approximate surface area is 192 Å². The molecule has 34 heavy (non-hydrogen) atoms. The van der Waals surface area contributed by atoms with Crippen LogP contribution in [0.1, 0.15) is 30.1 Å². The number of aromatic nitrogens is 3. The molecule has 0 spiro atoms. The van der Waals surface area contributed by atoms with Gasteiger partial charge in [0, 0.05) is 36.1 Å². The summed E-state index contributed by atoms with van der Waals surface area (Å²) in [6, 6.07) is 11.5. The summed E-state index contributed by atoms with van der Waals surface area (Å²) in [7, 11) is 0. The minimum atomic E-state index is -4.25. The number of halogens is 4. The van der Waals surface area contributed by atoms with Crippen LogP contribution in [0.25, 0.3) is 21.9 Å². The third-order valence-electron chi connectivity index (χ3n) is 6.36. The summed E-state index contributed by atoms with van der Waals surface area (Å²) in [5.41, 5.74) is 8.83. The summed E-state index contributed by atoms with van der Waals surface area (Å²) < 4.78 is 62.7. The number of nitrogens with zero attached hydrogens (tertiary/aromatic N) is 3. The fourth-order valence-electron chi connectivity index (χ4n) is 4.63. The Morgan fingerprint density at radius 1 is 1.00 bits per heavy atom. The molecule has 4 aromatic rings. The lowest BCUT2D eigenvalue weighted by Gasteiger charge is -2.27. The molecule has 2 aromatic carbocycles. The fraction of sp³-hybridized carbons (Fsp3) is 0.375. The van der Waals surface area contributed by atoms with Gasteiger partial charge in [-0.1, -0.05) is 6.07 Å². The molecule has 3 heterocycles. The quantitative estimate of drug-likeness (QED) is 0.404. The number of hydrogen-bond donors (Lipinski definition) is 1. The monoisotopic (exact) mass is 476 g/mol. The van der Waals surface area contributed by atoms with Gasteiger partial charge >= 0.3 is 11.9 Å². The second-order valence-corrected chi connectivity index (χ2v) is 8.67. The number of alkyl halides is 3. The van der Waals surface area contributed by atoms with Crippen LogP contribution in [0.3, 0.4) is 0 Å². The third-order valence-corrected chi connectivity index (χ3v) is 6.36. The molecule has 180 valence electrons. The van der Waals surface area contributed by atoms with E-state index < -0.39 is 18.4 Å². The van der Waals surface area contributed by atoms with Crippen LogP contribution in [0.5, 0.6) is 0 Å². The maximum Gasteiger partial charge on any atom is 0.389 e. The molecule has 0 amide bonds. The number of imidazole rings is 1. The number of rotatable bonds is 7. The van der Waals surface area contributed by atoms with Gasteiger partial charge < -0.3 is 15.0 Å². The van der Waals surface area contributed by atoms with Crippen molar-refractivity contribution >= 4 is 21.9 Å². The van der Waals surface area contributed by atoms with Gasteiger partial charge in [0.05, 0.1) is 36.8 Å². The van der Waals surface area contributed by atoms with Gasteiger partial charge in [-0.15, -0.1) is 0 Å². The molecule has 10 heteroatoms. The SMILES string of the molecule is NCc1ccc2c(c1)cc(Cn1c(=O)n(C3COC3)c3ccc(F)cc31)n2CCCC(F)(F)F. The Bertz CT molecular complexity index is 1410. The second kappa shape index (κ2) is 8.59. The number of hydrogen-bond acceptors (Lipinski definition) is 3. The molecule has 0 unspecified atom stereocenters. The average molecular weight is 476 g/mol. The lowest BCUT2D eigenvalue weighted by molar-refractivity contribution is -0.135. The van der Waals surface area contributed by atoms with Crippen LogP contribution in [0.2, 0.25) is 0 Å². The molecule has 5 rings (SSSR count). The Morgan fingerprint density at radius 3 is 2.44 bits per heavy atom. The molecule has 2 aromatic heterocycles. The average Bonchev–Trinajstić information content (AvgIpc) is 3.21. The summed E-state index contributed by atoms with van der Waals surface area (Å²) in [5, 5.41) is 0.834. The van der Waals surface area contributed by atoms with Crippen LogP contribution in [0, 0.1) is 5.82 Å². The van der Waals surface area contributed by atoms with E-state index in [0.29, 0.717) is 36.5 Å². The van der Waals surface area contributed by atoms with E-state index in [2.05, 4.69) is 0 Å². The Morgan fingerprint density at radius 2 is 1.76 bits per heavy atom. The first-order valence-corrected chi connectivity index (χ1v) is 11.1. The van der Waals surface area contributed by atoms with Gasteiger partial charge in [0.25, 0.3) is 0 Å². The standard InChI is InChI=1S/C24H24F4N4O2/c25-17-3-5-21-22(10-17)31(23(33)32(21)19-13-34-14-19)12-18-9-16-8-15(11-29)2-4-20(16)30(18)7-1-6-24(26,27)28/h2-5,8-10,19H,1,6-7,11-14,29H2. The van der Waals surface area contributed by atoms with Gasteiger partial charge in [-0.3, -0.25) is 9.13 Å². The zero-order valence-electron chi connectivity index (χ0n) is 18.3. The van der Waals surface area contributed by atoms with E-state index in [4.69, 9.17) is 10.5 Å². The first kappa shape index (κ1) is 22.7. The number of ether oxygens (including phenoxy) is 1. The van der Waals surface area contributed by atoms with Gasteiger partial charge in [-0.05, 0) is 48.4 Å². The predicted octanol–water partition coefficient (Wildman–Crippen LogP) is 4.32. The van der Waals surface area contributed by atoms with Crippen molar-refractivity contribution in [3.8, 4) is 0 Å². The molecule has 1 aliphatic rings. The van der Waals surface area contributed by atoms with Crippen LogP contribution >= 0.6 is 0 Å². The van der Waals surface area contributed by atoms with Crippen molar-refractivity contribution in [3.05, 3.63) is 70.0 Å². The normalized spacial score (nSPS) is 14.9. The van der Waals surface area contributed by atoms with E-state index in [0.717, 1.165) is 16.5 Å². The third kappa shape index (κ3) is 4.12.